The van der Waals surface area contributed by atoms with E-state index in [-0.39, 0.29) is 12.6 Å². The fourth-order valence-corrected chi connectivity index (χ4v) is 2.53. The van der Waals surface area contributed by atoms with E-state index in [1.54, 1.807) is 42.5 Å². The van der Waals surface area contributed by atoms with Crippen molar-refractivity contribution in [1.82, 2.24) is 10.7 Å². The molecule has 160 valence electrons. The molecule has 2 amide bonds. The van der Waals surface area contributed by atoms with Crippen LogP contribution < -0.4 is 25.0 Å². The molecule has 0 heterocycles. The molecule has 0 saturated carbocycles. The fourth-order valence-electron chi connectivity index (χ4n) is 2.53. The van der Waals surface area contributed by atoms with Crippen molar-refractivity contribution in [2.75, 3.05) is 20.3 Å². The van der Waals surface area contributed by atoms with Gasteiger partial charge in [0.2, 0.25) is 0 Å². The Labute approximate surface area is 176 Å². The summed E-state index contributed by atoms with van der Waals surface area (Å²) in [5.74, 6) is 0.814. The number of carbonyl (C=O) groups excluding carboxylic acids is 2. The number of hydrogen-bond acceptors (Lipinski definition) is 6. The lowest BCUT2D eigenvalue weighted by molar-refractivity contribution is -0.120. The molecule has 8 nitrogen and oxygen atoms in total. The maximum Gasteiger partial charge on any atom is 0.259 e. The Kier molecular flexibility index (Phi) is 8.68. The highest BCUT2D eigenvalue weighted by atomic mass is 16.5. The Bertz CT molecular complexity index is 896. The lowest BCUT2D eigenvalue weighted by Gasteiger charge is -2.14. The number of hydrazone groups is 1. The second-order valence-electron chi connectivity index (χ2n) is 6.48. The summed E-state index contributed by atoms with van der Waals surface area (Å²) in [6, 6.07) is 12.1. The molecule has 0 bridgehead atoms. The van der Waals surface area contributed by atoms with Gasteiger partial charge in [-0.25, -0.2) is 5.43 Å². The summed E-state index contributed by atoms with van der Waals surface area (Å²) in [6.07, 6.45) is 1.51. The summed E-state index contributed by atoms with van der Waals surface area (Å²) in [7, 11) is 1.48. The van der Waals surface area contributed by atoms with Gasteiger partial charge in [-0.15, -0.1) is 0 Å². The van der Waals surface area contributed by atoms with E-state index in [1.807, 2.05) is 20.8 Å². The van der Waals surface area contributed by atoms with Crippen molar-refractivity contribution < 1.29 is 23.8 Å². The highest BCUT2D eigenvalue weighted by molar-refractivity contribution is 5.98. The first-order valence-electron chi connectivity index (χ1n) is 9.61. The second kappa shape index (κ2) is 11.5. The number of carbonyl (C=O) groups is 2. The van der Waals surface area contributed by atoms with Gasteiger partial charge >= 0.3 is 0 Å². The Morgan fingerprint density at radius 1 is 1.10 bits per heavy atom. The topological polar surface area (TPSA) is 98.2 Å². The van der Waals surface area contributed by atoms with Gasteiger partial charge in [0.25, 0.3) is 11.8 Å². The number of nitrogens with zero attached hydrogens (tertiary/aromatic N) is 1. The van der Waals surface area contributed by atoms with Gasteiger partial charge in [-0.2, -0.15) is 5.10 Å². The van der Waals surface area contributed by atoms with Gasteiger partial charge in [0.1, 0.15) is 5.75 Å². The molecule has 0 radical (unpaired) electrons. The Balaban J connectivity index is 1.91. The van der Waals surface area contributed by atoms with Gasteiger partial charge in [-0.3, -0.25) is 9.59 Å². The molecular formula is C22H27N3O5. The summed E-state index contributed by atoms with van der Waals surface area (Å²) < 4.78 is 16.5. The molecule has 0 saturated heterocycles. The van der Waals surface area contributed by atoms with Crippen LogP contribution in [-0.2, 0) is 4.79 Å². The van der Waals surface area contributed by atoms with E-state index in [9.17, 15) is 9.59 Å². The Morgan fingerprint density at radius 2 is 1.87 bits per heavy atom. The van der Waals surface area contributed by atoms with E-state index < -0.39 is 11.8 Å². The van der Waals surface area contributed by atoms with Gasteiger partial charge in [0, 0.05) is 0 Å². The Morgan fingerprint density at radius 3 is 2.57 bits per heavy atom. The van der Waals surface area contributed by atoms with E-state index >= 15 is 0 Å². The van der Waals surface area contributed by atoms with Crippen LogP contribution in [0.3, 0.4) is 0 Å². The van der Waals surface area contributed by atoms with E-state index in [0.29, 0.717) is 29.4 Å². The second-order valence-corrected chi connectivity index (χ2v) is 6.48. The zero-order valence-corrected chi connectivity index (χ0v) is 17.6. The maximum absolute atomic E-state index is 12.2. The molecule has 0 aliphatic rings. The first kappa shape index (κ1) is 22.7. The van der Waals surface area contributed by atoms with Crippen LogP contribution in [0.5, 0.6) is 17.2 Å². The summed E-state index contributed by atoms with van der Waals surface area (Å²) >= 11 is 0. The number of benzene rings is 2. The Hall–Kier alpha value is -3.55. The molecule has 2 aromatic carbocycles. The van der Waals surface area contributed by atoms with Crippen LogP contribution in [-0.4, -0.2) is 44.4 Å². The molecule has 30 heavy (non-hydrogen) atoms. The van der Waals surface area contributed by atoms with E-state index in [0.717, 1.165) is 5.56 Å². The fraction of sp³-hybridized carbons (Fsp3) is 0.318. The first-order chi connectivity index (χ1) is 14.4. The summed E-state index contributed by atoms with van der Waals surface area (Å²) in [5, 5.41) is 6.45. The molecule has 0 aromatic heterocycles. The van der Waals surface area contributed by atoms with Gasteiger partial charge in [-0.1, -0.05) is 12.1 Å². The van der Waals surface area contributed by atoms with Crippen molar-refractivity contribution in [2.45, 2.75) is 26.9 Å². The molecule has 0 spiro atoms. The van der Waals surface area contributed by atoms with Crippen LogP contribution in [0.2, 0.25) is 0 Å². The van der Waals surface area contributed by atoms with Gasteiger partial charge < -0.3 is 19.5 Å². The van der Waals surface area contributed by atoms with E-state index in [2.05, 4.69) is 15.8 Å². The SMILES string of the molecule is CCOc1cc(C=NNC(=O)CNC(=O)c2ccccc2OC)ccc1OC(C)C. The predicted octanol–water partition coefficient (Wildman–Crippen LogP) is 2.76. The van der Waals surface area contributed by atoms with Crippen LogP contribution in [0.15, 0.2) is 47.6 Å². The average Bonchev–Trinajstić information content (AvgIpc) is 2.73. The third kappa shape index (κ3) is 6.80. The molecular weight excluding hydrogens is 386 g/mol. The van der Waals surface area contributed by atoms with Crippen LogP contribution in [0.1, 0.15) is 36.7 Å². The quantitative estimate of drug-likeness (QED) is 0.461. The molecule has 0 atom stereocenters. The normalized spacial score (nSPS) is 10.7. The van der Waals surface area contributed by atoms with E-state index in [4.69, 9.17) is 14.2 Å². The number of rotatable bonds is 10. The van der Waals surface area contributed by atoms with E-state index in [1.165, 1.54) is 13.3 Å². The molecule has 0 unspecified atom stereocenters. The average molecular weight is 413 g/mol. The van der Waals surface area contributed by atoms with Crippen LogP contribution in [0, 0.1) is 0 Å². The highest BCUT2D eigenvalue weighted by Crippen LogP contribution is 2.28. The van der Waals surface area contributed by atoms with Crippen molar-refractivity contribution in [1.29, 1.82) is 0 Å². The first-order valence-corrected chi connectivity index (χ1v) is 9.61. The number of hydrogen-bond donors (Lipinski definition) is 2. The monoisotopic (exact) mass is 413 g/mol. The maximum atomic E-state index is 12.2. The smallest absolute Gasteiger partial charge is 0.259 e. The van der Waals surface area contributed by atoms with Crippen molar-refractivity contribution >= 4 is 18.0 Å². The zero-order valence-electron chi connectivity index (χ0n) is 17.6. The molecule has 2 N–H and O–H groups in total. The number of nitrogens with one attached hydrogen (secondary N) is 2. The van der Waals surface area contributed by atoms with Crippen molar-refractivity contribution in [3.05, 3.63) is 53.6 Å². The molecule has 0 fully saturated rings. The predicted molar refractivity (Wildman–Crippen MR) is 114 cm³/mol. The minimum atomic E-state index is -0.459. The van der Waals surface area contributed by atoms with Gasteiger partial charge in [-0.05, 0) is 56.7 Å². The number of amides is 2. The zero-order chi connectivity index (χ0) is 21.9. The standard InChI is InChI=1S/C22H27N3O5/c1-5-29-20-12-16(10-11-19(20)30-15(2)3)13-24-25-21(26)14-23-22(27)17-8-6-7-9-18(17)28-4/h6-13,15H,5,14H2,1-4H3,(H,23,27)(H,25,26). The van der Waals surface area contributed by atoms with Crippen LogP contribution in [0.4, 0.5) is 0 Å². The van der Waals surface area contributed by atoms with Crippen molar-refractivity contribution in [2.24, 2.45) is 5.10 Å². The number of methoxy groups -OCH3 is 1. The van der Waals surface area contributed by atoms with Crippen LogP contribution >= 0.6 is 0 Å². The molecule has 2 aromatic rings. The summed E-state index contributed by atoms with van der Waals surface area (Å²) in [6.45, 7) is 6.04. The minimum Gasteiger partial charge on any atom is -0.496 e. The van der Waals surface area contributed by atoms with Crippen molar-refractivity contribution in [3.8, 4) is 17.2 Å². The molecule has 0 aliphatic heterocycles. The number of ether oxygens (including phenoxy) is 3. The largest absolute Gasteiger partial charge is 0.496 e. The van der Waals surface area contributed by atoms with Gasteiger partial charge in [0.15, 0.2) is 11.5 Å². The van der Waals surface area contributed by atoms with Crippen LogP contribution in [0.25, 0.3) is 0 Å². The molecule has 0 aliphatic carbocycles. The minimum absolute atomic E-state index is 0.0223. The lowest BCUT2D eigenvalue weighted by Crippen LogP contribution is -2.35. The summed E-state index contributed by atoms with van der Waals surface area (Å²) in [4.78, 5) is 24.1. The third-order valence-corrected chi connectivity index (χ3v) is 3.79. The molecule has 8 heteroatoms. The van der Waals surface area contributed by atoms with Crippen molar-refractivity contribution in [3.63, 3.8) is 0 Å². The number of para-hydroxylation sites is 1. The third-order valence-electron chi connectivity index (χ3n) is 3.79. The highest BCUT2D eigenvalue weighted by Gasteiger charge is 2.12. The lowest BCUT2D eigenvalue weighted by atomic mass is 10.2. The molecule has 2 rings (SSSR count). The van der Waals surface area contributed by atoms with Gasteiger partial charge in [0.05, 0.1) is 38.1 Å². The summed E-state index contributed by atoms with van der Waals surface area (Å²) in [5.41, 5.74) is 3.46.